The molecule has 0 radical (unpaired) electrons. The average Bonchev–Trinajstić information content (AvgIpc) is 1.98. The van der Waals surface area contributed by atoms with Crippen molar-refractivity contribution in [1.29, 1.82) is 5.26 Å². The van der Waals surface area contributed by atoms with E-state index >= 15 is 0 Å². The molecular weight excluding hydrogens is 148 g/mol. The van der Waals surface area contributed by atoms with Crippen LogP contribution in [0.5, 0.6) is 0 Å². The summed E-state index contributed by atoms with van der Waals surface area (Å²) in [5, 5.41) is 8.73. The molecular formula is C10H18N2. The predicted octanol–water partition coefficient (Wildman–Crippen LogP) is 2.02. The Morgan fingerprint density at radius 1 is 1.42 bits per heavy atom. The maximum absolute atomic E-state index is 8.73. The molecule has 68 valence electrons. The Bertz CT molecular complexity index is 179. The molecule has 0 saturated heterocycles. The molecule has 0 aromatic rings. The van der Waals surface area contributed by atoms with E-state index in [1.807, 2.05) is 6.92 Å². The van der Waals surface area contributed by atoms with Gasteiger partial charge in [0.05, 0.1) is 12.1 Å². The quantitative estimate of drug-likeness (QED) is 0.641. The summed E-state index contributed by atoms with van der Waals surface area (Å²) in [7, 11) is 2.05. The molecule has 1 aliphatic rings. The molecule has 0 amide bonds. The monoisotopic (exact) mass is 166 g/mol. The van der Waals surface area contributed by atoms with E-state index in [0.29, 0.717) is 6.04 Å². The highest BCUT2D eigenvalue weighted by Crippen LogP contribution is 2.31. The molecule has 2 nitrogen and oxygen atoms in total. The van der Waals surface area contributed by atoms with E-state index in [2.05, 4.69) is 24.9 Å². The van der Waals surface area contributed by atoms with Gasteiger partial charge in [0.1, 0.15) is 0 Å². The fourth-order valence-corrected chi connectivity index (χ4v) is 1.70. The van der Waals surface area contributed by atoms with Crippen molar-refractivity contribution >= 4 is 0 Å². The Hall–Kier alpha value is -0.550. The Morgan fingerprint density at radius 3 is 2.33 bits per heavy atom. The molecule has 1 aliphatic carbocycles. The van der Waals surface area contributed by atoms with Crippen molar-refractivity contribution in [2.75, 3.05) is 7.05 Å². The van der Waals surface area contributed by atoms with Gasteiger partial charge in [0, 0.05) is 6.04 Å². The smallest absolute Gasteiger partial charge is 0.0949 e. The van der Waals surface area contributed by atoms with Crippen LogP contribution >= 0.6 is 0 Å². The van der Waals surface area contributed by atoms with Crippen molar-refractivity contribution in [2.45, 2.75) is 45.2 Å². The molecule has 2 unspecified atom stereocenters. The molecule has 2 atom stereocenters. The number of hydrogen-bond acceptors (Lipinski definition) is 2. The van der Waals surface area contributed by atoms with Gasteiger partial charge < -0.3 is 0 Å². The van der Waals surface area contributed by atoms with Crippen molar-refractivity contribution in [3.05, 3.63) is 0 Å². The summed E-state index contributed by atoms with van der Waals surface area (Å²) in [5.74, 6) is 0.839. The van der Waals surface area contributed by atoms with Crippen molar-refractivity contribution in [3.8, 4) is 6.07 Å². The van der Waals surface area contributed by atoms with Gasteiger partial charge in [-0.25, -0.2) is 0 Å². The fraction of sp³-hybridized carbons (Fsp3) is 0.900. The average molecular weight is 166 g/mol. The molecule has 2 heteroatoms. The molecule has 0 spiro atoms. The zero-order valence-electron chi connectivity index (χ0n) is 8.25. The van der Waals surface area contributed by atoms with Crippen LogP contribution in [0.4, 0.5) is 0 Å². The van der Waals surface area contributed by atoms with E-state index in [4.69, 9.17) is 5.26 Å². The second kappa shape index (κ2) is 3.91. The van der Waals surface area contributed by atoms with Crippen LogP contribution in [0.25, 0.3) is 0 Å². The third-order valence-corrected chi connectivity index (χ3v) is 3.27. The minimum atomic E-state index is 0.0561. The van der Waals surface area contributed by atoms with E-state index in [9.17, 15) is 0 Å². The van der Waals surface area contributed by atoms with E-state index in [-0.39, 0.29) is 6.04 Å². The molecule has 1 rings (SSSR count). The van der Waals surface area contributed by atoms with Gasteiger partial charge in [-0.3, -0.25) is 4.90 Å². The summed E-state index contributed by atoms with van der Waals surface area (Å²) in [4.78, 5) is 2.18. The minimum absolute atomic E-state index is 0.0561. The molecule has 0 N–H and O–H groups in total. The second-order valence-electron chi connectivity index (χ2n) is 3.90. The lowest BCUT2D eigenvalue weighted by atomic mass is 9.79. The Balaban J connectivity index is 2.40. The second-order valence-corrected chi connectivity index (χ2v) is 3.90. The standard InChI is InChI=1S/C10H18N2/c1-8(7-11)12(3)9(2)10-5-4-6-10/h8-10H,4-6H2,1-3H3. The first-order valence-corrected chi connectivity index (χ1v) is 4.78. The topological polar surface area (TPSA) is 27.0 Å². The minimum Gasteiger partial charge on any atom is -0.288 e. The summed E-state index contributed by atoms with van der Waals surface area (Å²) in [6, 6.07) is 2.91. The predicted molar refractivity (Wildman–Crippen MR) is 49.6 cm³/mol. The van der Waals surface area contributed by atoms with Crippen LogP contribution in [0, 0.1) is 17.2 Å². The SMILES string of the molecule is CC(C#N)N(C)C(C)C1CCC1. The van der Waals surface area contributed by atoms with Crippen LogP contribution < -0.4 is 0 Å². The van der Waals surface area contributed by atoms with Crippen LogP contribution in [0.1, 0.15) is 33.1 Å². The van der Waals surface area contributed by atoms with Gasteiger partial charge in [-0.15, -0.1) is 0 Å². The van der Waals surface area contributed by atoms with E-state index in [1.165, 1.54) is 19.3 Å². The summed E-state index contributed by atoms with van der Waals surface area (Å²) in [6.07, 6.45) is 4.08. The first-order valence-electron chi connectivity index (χ1n) is 4.78. The molecule has 1 fully saturated rings. The van der Waals surface area contributed by atoms with Gasteiger partial charge >= 0.3 is 0 Å². The number of nitriles is 1. The van der Waals surface area contributed by atoms with Crippen molar-refractivity contribution in [3.63, 3.8) is 0 Å². The van der Waals surface area contributed by atoms with Gasteiger partial charge in [0.2, 0.25) is 0 Å². The molecule has 0 aromatic carbocycles. The van der Waals surface area contributed by atoms with Gasteiger partial charge in [-0.05, 0) is 39.7 Å². The molecule has 0 heterocycles. The summed E-state index contributed by atoms with van der Waals surface area (Å²) in [6.45, 7) is 4.20. The first-order chi connectivity index (χ1) is 5.66. The van der Waals surface area contributed by atoms with Gasteiger partial charge in [0.15, 0.2) is 0 Å². The normalized spacial score (nSPS) is 22.9. The summed E-state index contributed by atoms with van der Waals surface area (Å²) >= 11 is 0. The summed E-state index contributed by atoms with van der Waals surface area (Å²) in [5.41, 5.74) is 0. The Labute approximate surface area is 75.2 Å². The Kier molecular flexibility index (Phi) is 3.11. The zero-order chi connectivity index (χ0) is 9.14. The van der Waals surface area contributed by atoms with Crippen LogP contribution in [0.3, 0.4) is 0 Å². The van der Waals surface area contributed by atoms with Crippen molar-refractivity contribution < 1.29 is 0 Å². The summed E-state index contributed by atoms with van der Waals surface area (Å²) < 4.78 is 0. The van der Waals surface area contributed by atoms with Gasteiger partial charge in [-0.2, -0.15) is 5.26 Å². The zero-order valence-corrected chi connectivity index (χ0v) is 8.25. The van der Waals surface area contributed by atoms with Gasteiger partial charge in [-0.1, -0.05) is 6.42 Å². The van der Waals surface area contributed by atoms with Crippen LogP contribution in [-0.2, 0) is 0 Å². The third-order valence-electron chi connectivity index (χ3n) is 3.27. The first kappa shape index (κ1) is 9.54. The molecule has 0 bridgehead atoms. The van der Waals surface area contributed by atoms with Crippen molar-refractivity contribution in [2.24, 2.45) is 5.92 Å². The van der Waals surface area contributed by atoms with Gasteiger partial charge in [0.25, 0.3) is 0 Å². The van der Waals surface area contributed by atoms with E-state index in [1.54, 1.807) is 0 Å². The largest absolute Gasteiger partial charge is 0.288 e. The van der Waals surface area contributed by atoms with E-state index < -0.39 is 0 Å². The molecule has 1 saturated carbocycles. The molecule has 0 aliphatic heterocycles. The number of nitrogens with zero attached hydrogens (tertiary/aromatic N) is 2. The number of rotatable bonds is 3. The fourth-order valence-electron chi connectivity index (χ4n) is 1.70. The third kappa shape index (κ3) is 1.78. The van der Waals surface area contributed by atoms with E-state index in [0.717, 1.165) is 5.92 Å². The maximum Gasteiger partial charge on any atom is 0.0949 e. The number of hydrogen-bond donors (Lipinski definition) is 0. The van der Waals surface area contributed by atoms with Crippen molar-refractivity contribution in [1.82, 2.24) is 4.90 Å². The Morgan fingerprint density at radius 2 is 2.00 bits per heavy atom. The maximum atomic E-state index is 8.73. The lowest BCUT2D eigenvalue weighted by molar-refractivity contribution is 0.118. The lowest BCUT2D eigenvalue weighted by Crippen LogP contribution is -2.42. The van der Waals surface area contributed by atoms with Crippen LogP contribution in [0.15, 0.2) is 0 Å². The highest BCUT2D eigenvalue weighted by Gasteiger charge is 2.28. The van der Waals surface area contributed by atoms with Crippen LogP contribution in [0.2, 0.25) is 0 Å². The highest BCUT2D eigenvalue weighted by molar-refractivity contribution is 4.91. The molecule has 12 heavy (non-hydrogen) atoms. The highest BCUT2D eigenvalue weighted by atomic mass is 15.2. The van der Waals surface area contributed by atoms with Crippen LogP contribution in [-0.4, -0.2) is 24.0 Å². The lowest BCUT2D eigenvalue weighted by Gasteiger charge is -2.38. The molecule has 0 aromatic heterocycles.